The summed E-state index contributed by atoms with van der Waals surface area (Å²) in [4.78, 5) is 0. The van der Waals surface area contributed by atoms with E-state index in [0.29, 0.717) is 13.2 Å². The Hall–Kier alpha value is -2.30. The lowest BCUT2D eigenvalue weighted by Gasteiger charge is -2.15. The van der Waals surface area contributed by atoms with E-state index in [4.69, 9.17) is 10.5 Å². The van der Waals surface area contributed by atoms with Gasteiger partial charge in [0, 0.05) is 30.4 Å². The average molecular weight is 384 g/mol. The molecule has 0 amide bonds. The molecule has 27 heavy (non-hydrogen) atoms. The van der Waals surface area contributed by atoms with E-state index in [2.05, 4.69) is 47.2 Å². The molecule has 3 aromatic rings. The summed E-state index contributed by atoms with van der Waals surface area (Å²) >= 11 is 0. The number of rotatable bonds is 7. The molecule has 0 unspecified atom stereocenters. The number of ether oxygens (including phenoxy) is 1. The zero-order valence-electron chi connectivity index (χ0n) is 15.6. The van der Waals surface area contributed by atoms with Crippen molar-refractivity contribution < 1.29 is 4.74 Å². The maximum Gasteiger partial charge on any atom is 0.127 e. The predicted molar refractivity (Wildman–Crippen MR) is 111 cm³/mol. The van der Waals surface area contributed by atoms with E-state index in [1.807, 2.05) is 24.4 Å². The minimum atomic E-state index is 0. The Morgan fingerprint density at radius 1 is 1.15 bits per heavy atom. The Balaban J connectivity index is 0.00000210. The van der Waals surface area contributed by atoms with Crippen molar-refractivity contribution in [2.24, 2.45) is 11.7 Å². The number of aromatic nitrogens is 2. The van der Waals surface area contributed by atoms with Gasteiger partial charge in [-0.3, -0.25) is 4.68 Å². The molecular weight excluding hydrogens is 358 g/mol. The van der Waals surface area contributed by atoms with E-state index in [0.717, 1.165) is 46.0 Å². The molecule has 4 nitrogen and oxygen atoms in total. The van der Waals surface area contributed by atoms with Gasteiger partial charge in [0.25, 0.3) is 0 Å². The summed E-state index contributed by atoms with van der Waals surface area (Å²) in [5.74, 6) is 1.71. The first-order valence-corrected chi connectivity index (χ1v) is 9.26. The zero-order valence-corrected chi connectivity index (χ0v) is 16.4. The normalized spacial score (nSPS) is 13.3. The summed E-state index contributed by atoms with van der Waals surface area (Å²) in [6.07, 6.45) is 6.75. The molecule has 1 saturated carbocycles. The second-order valence-corrected chi connectivity index (χ2v) is 7.15. The highest BCUT2D eigenvalue weighted by atomic mass is 35.5. The third-order valence-electron chi connectivity index (χ3n) is 4.91. The van der Waals surface area contributed by atoms with Gasteiger partial charge in [-0.1, -0.05) is 30.3 Å². The standard InChI is InChI=1S/C22H25N3O.ClH/c1-16-9-19(21-12-24-25(14-21)13-17-7-8-17)10-20(11-23)22(16)26-15-18-5-3-2-4-6-18;/h2-6,9-10,12,14,17H,7-8,11,13,15,23H2,1H3;1H. The smallest absolute Gasteiger partial charge is 0.127 e. The summed E-state index contributed by atoms with van der Waals surface area (Å²) in [6.45, 7) is 4.11. The molecule has 1 heterocycles. The number of hydrogen-bond acceptors (Lipinski definition) is 3. The van der Waals surface area contributed by atoms with Crippen LogP contribution < -0.4 is 10.5 Å². The van der Waals surface area contributed by atoms with Gasteiger partial charge in [0.05, 0.1) is 6.20 Å². The highest BCUT2D eigenvalue weighted by Gasteiger charge is 2.22. The van der Waals surface area contributed by atoms with Crippen LogP contribution in [0.5, 0.6) is 5.75 Å². The number of aryl methyl sites for hydroxylation is 1. The van der Waals surface area contributed by atoms with Gasteiger partial charge in [0.1, 0.15) is 12.4 Å². The molecule has 0 radical (unpaired) electrons. The van der Waals surface area contributed by atoms with Crippen molar-refractivity contribution in [2.75, 3.05) is 0 Å². The Morgan fingerprint density at radius 2 is 1.93 bits per heavy atom. The van der Waals surface area contributed by atoms with E-state index < -0.39 is 0 Å². The molecule has 1 aliphatic carbocycles. The Bertz CT molecular complexity index is 888. The summed E-state index contributed by atoms with van der Waals surface area (Å²) < 4.78 is 8.16. The van der Waals surface area contributed by atoms with Gasteiger partial charge in [-0.25, -0.2) is 0 Å². The fourth-order valence-corrected chi connectivity index (χ4v) is 3.28. The van der Waals surface area contributed by atoms with Crippen molar-refractivity contribution in [3.63, 3.8) is 0 Å². The lowest BCUT2D eigenvalue weighted by atomic mass is 10.0. The van der Waals surface area contributed by atoms with Gasteiger partial charge in [-0.15, -0.1) is 12.4 Å². The topological polar surface area (TPSA) is 53.1 Å². The van der Waals surface area contributed by atoms with Crippen molar-refractivity contribution in [1.82, 2.24) is 9.78 Å². The Morgan fingerprint density at radius 3 is 2.63 bits per heavy atom. The van der Waals surface area contributed by atoms with Crippen molar-refractivity contribution in [1.29, 1.82) is 0 Å². The van der Waals surface area contributed by atoms with Crippen molar-refractivity contribution in [3.05, 3.63) is 71.5 Å². The second kappa shape index (κ2) is 8.59. The van der Waals surface area contributed by atoms with Crippen LogP contribution in [0.4, 0.5) is 0 Å². The van der Waals surface area contributed by atoms with Crippen LogP contribution in [0.25, 0.3) is 11.1 Å². The van der Waals surface area contributed by atoms with Gasteiger partial charge in [-0.2, -0.15) is 5.10 Å². The van der Waals surface area contributed by atoms with Crippen LogP contribution in [0.15, 0.2) is 54.9 Å². The van der Waals surface area contributed by atoms with Crippen LogP contribution in [-0.2, 0) is 19.7 Å². The van der Waals surface area contributed by atoms with Gasteiger partial charge in [0.2, 0.25) is 0 Å². The molecule has 0 aliphatic heterocycles. The Kier molecular flexibility index (Phi) is 6.19. The minimum absolute atomic E-state index is 0. The van der Waals surface area contributed by atoms with Gasteiger partial charge in [-0.05, 0) is 54.5 Å². The molecule has 1 fully saturated rings. The second-order valence-electron chi connectivity index (χ2n) is 7.15. The van der Waals surface area contributed by atoms with Crippen LogP contribution in [0, 0.1) is 12.8 Å². The van der Waals surface area contributed by atoms with Crippen LogP contribution in [0.3, 0.4) is 0 Å². The van der Waals surface area contributed by atoms with Gasteiger partial charge < -0.3 is 10.5 Å². The fraction of sp³-hybridized carbons (Fsp3) is 0.318. The molecule has 1 aliphatic rings. The molecule has 4 rings (SSSR count). The number of halogens is 1. The van der Waals surface area contributed by atoms with Crippen LogP contribution in [0.2, 0.25) is 0 Å². The minimum Gasteiger partial charge on any atom is -0.488 e. The van der Waals surface area contributed by atoms with Gasteiger partial charge >= 0.3 is 0 Å². The molecule has 0 atom stereocenters. The first-order chi connectivity index (χ1) is 12.7. The van der Waals surface area contributed by atoms with E-state index in [1.54, 1.807) is 0 Å². The number of hydrogen-bond donors (Lipinski definition) is 1. The molecule has 0 saturated heterocycles. The largest absolute Gasteiger partial charge is 0.488 e. The van der Waals surface area contributed by atoms with E-state index in [9.17, 15) is 0 Å². The van der Waals surface area contributed by atoms with Crippen molar-refractivity contribution in [2.45, 2.75) is 39.5 Å². The molecule has 0 spiro atoms. The average Bonchev–Trinajstić information content (AvgIpc) is 3.35. The molecule has 5 heteroatoms. The lowest BCUT2D eigenvalue weighted by molar-refractivity contribution is 0.301. The summed E-state index contributed by atoms with van der Waals surface area (Å²) in [5.41, 5.74) is 11.6. The fourth-order valence-electron chi connectivity index (χ4n) is 3.28. The third kappa shape index (κ3) is 4.71. The molecule has 142 valence electrons. The molecule has 2 aromatic carbocycles. The quantitative estimate of drug-likeness (QED) is 0.641. The van der Waals surface area contributed by atoms with Crippen molar-refractivity contribution in [3.8, 4) is 16.9 Å². The summed E-state index contributed by atoms with van der Waals surface area (Å²) in [5, 5.41) is 4.51. The van der Waals surface area contributed by atoms with E-state index in [-0.39, 0.29) is 12.4 Å². The third-order valence-corrected chi connectivity index (χ3v) is 4.91. The van der Waals surface area contributed by atoms with E-state index in [1.165, 1.54) is 12.8 Å². The predicted octanol–water partition coefficient (Wildman–Crippen LogP) is 4.73. The first kappa shape index (κ1) is 19.5. The SMILES string of the molecule is Cc1cc(-c2cnn(CC3CC3)c2)cc(CN)c1OCc1ccccc1.Cl. The first-order valence-electron chi connectivity index (χ1n) is 9.26. The molecule has 2 N–H and O–H groups in total. The molecule has 1 aromatic heterocycles. The lowest BCUT2D eigenvalue weighted by Crippen LogP contribution is -2.05. The zero-order chi connectivity index (χ0) is 17.9. The van der Waals surface area contributed by atoms with Crippen molar-refractivity contribution >= 4 is 12.4 Å². The number of nitrogens with zero attached hydrogens (tertiary/aromatic N) is 2. The maximum absolute atomic E-state index is 6.10. The maximum atomic E-state index is 6.10. The summed E-state index contributed by atoms with van der Waals surface area (Å²) in [7, 11) is 0. The van der Waals surface area contributed by atoms with Crippen LogP contribution in [-0.4, -0.2) is 9.78 Å². The van der Waals surface area contributed by atoms with Crippen LogP contribution in [0.1, 0.15) is 29.5 Å². The molecule has 0 bridgehead atoms. The van der Waals surface area contributed by atoms with E-state index >= 15 is 0 Å². The number of benzene rings is 2. The monoisotopic (exact) mass is 383 g/mol. The highest BCUT2D eigenvalue weighted by Crippen LogP contribution is 2.33. The summed E-state index contributed by atoms with van der Waals surface area (Å²) in [6, 6.07) is 14.5. The number of nitrogens with two attached hydrogens (primary N) is 1. The van der Waals surface area contributed by atoms with Crippen LogP contribution >= 0.6 is 12.4 Å². The molecular formula is C22H26ClN3O. The Labute approximate surface area is 166 Å². The van der Waals surface area contributed by atoms with Gasteiger partial charge in [0.15, 0.2) is 0 Å². The highest BCUT2D eigenvalue weighted by molar-refractivity contribution is 5.85.